The van der Waals surface area contributed by atoms with Crippen molar-refractivity contribution in [3.63, 3.8) is 0 Å². The summed E-state index contributed by atoms with van der Waals surface area (Å²) in [7, 11) is 3.64. The van der Waals surface area contributed by atoms with Gasteiger partial charge in [-0.05, 0) is 13.5 Å². The third kappa shape index (κ3) is 5.20. The average Bonchev–Trinajstić information content (AvgIpc) is 3.09. The summed E-state index contributed by atoms with van der Waals surface area (Å²) in [5, 5.41) is 15.7. The molecule has 1 saturated heterocycles. The Balaban J connectivity index is 0.000000921. The number of nitrogens with zero attached hydrogens (tertiary/aromatic N) is 4. The molecule has 0 bridgehead atoms. The van der Waals surface area contributed by atoms with E-state index in [-0.39, 0.29) is 17.9 Å². The minimum Gasteiger partial charge on any atom is -0.311 e. The fraction of sp³-hybridized carbons (Fsp3) is 0.667. The fourth-order valence-electron chi connectivity index (χ4n) is 2.06. The van der Waals surface area contributed by atoms with E-state index in [0.29, 0.717) is 18.8 Å². The van der Waals surface area contributed by atoms with Crippen molar-refractivity contribution in [1.82, 2.24) is 14.7 Å². The van der Waals surface area contributed by atoms with E-state index in [4.69, 9.17) is 5.26 Å². The van der Waals surface area contributed by atoms with Crippen molar-refractivity contribution in [2.45, 2.75) is 40.2 Å². The zero-order chi connectivity index (χ0) is 16.4. The lowest BCUT2D eigenvalue weighted by Crippen LogP contribution is -2.26. The van der Waals surface area contributed by atoms with Gasteiger partial charge in [-0.3, -0.25) is 14.4 Å². The van der Waals surface area contributed by atoms with Crippen LogP contribution in [0, 0.1) is 17.2 Å². The molecule has 6 nitrogen and oxygen atoms in total. The van der Waals surface area contributed by atoms with Crippen LogP contribution in [0.1, 0.15) is 34.1 Å². The fourth-order valence-corrected chi connectivity index (χ4v) is 2.06. The van der Waals surface area contributed by atoms with E-state index in [1.165, 1.54) is 0 Å². The van der Waals surface area contributed by atoms with Gasteiger partial charge < -0.3 is 5.32 Å². The molecule has 6 heteroatoms. The lowest BCUT2D eigenvalue weighted by atomic mass is 10.1. The highest BCUT2D eigenvalue weighted by atomic mass is 16.2. The molecule has 0 radical (unpaired) electrons. The van der Waals surface area contributed by atoms with Gasteiger partial charge in [0.15, 0.2) is 0 Å². The maximum atomic E-state index is 12.0. The standard InChI is InChI=1S/C11H15N5O.2C2H6/c1-15-7-8(5-9(15)6-12)11(17)14-10-3-4-13-16(10)2;2*1-2/h3-4,8-9H,5,7H2,1-2H3,(H,14,17);2*1-2H3. The van der Waals surface area contributed by atoms with Crippen LogP contribution in [0.15, 0.2) is 12.3 Å². The van der Waals surface area contributed by atoms with Crippen LogP contribution in [0.5, 0.6) is 0 Å². The summed E-state index contributed by atoms with van der Waals surface area (Å²) in [4.78, 5) is 13.9. The van der Waals surface area contributed by atoms with Crippen LogP contribution < -0.4 is 5.32 Å². The SMILES string of the molecule is CC.CC.CN1CC(C(=O)Nc2ccnn2C)CC1C#N. The van der Waals surface area contributed by atoms with Crippen molar-refractivity contribution >= 4 is 11.7 Å². The Labute approximate surface area is 127 Å². The van der Waals surface area contributed by atoms with Crippen LogP contribution in [0.4, 0.5) is 5.82 Å². The van der Waals surface area contributed by atoms with E-state index in [0.717, 1.165) is 0 Å². The summed E-state index contributed by atoms with van der Waals surface area (Å²) in [6.07, 6.45) is 2.23. The Morgan fingerprint density at radius 2 is 2.00 bits per heavy atom. The van der Waals surface area contributed by atoms with Gasteiger partial charge in [0.2, 0.25) is 5.91 Å². The first-order valence-corrected chi connectivity index (χ1v) is 7.50. The second kappa shape index (κ2) is 9.94. The van der Waals surface area contributed by atoms with Crippen molar-refractivity contribution in [2.24, 2.45) is 13.0 Å². The maximum Gasteiger partial charge on any atom is 0.230 e. The summed E-state index contributed by atoms with van der Waals surface area (Å²) in [6.45, 7) is 8.63. The molecule has 2 atom stereocenters. The van der Waals surface area contributed by atoms with Gasteiger partial charge in [0, 0.05) is 19.7 Å². The molecule has 2 rings (SSSR count). The van der Waals surface area contributed by atoms with Crippen molar-refractivity contribution in [3.05, 3.63) is 12.3 Å². The molecule has 118 valence electrons. The van der Waals surface area contributed by atoms with E-state index < -0.39 is 0 Å². The molecule has 1 fully saturated rings. The summed E-state index contributed by atoms with van der Waals surface area (Å²) < 4.78 is 1.61. The largest absolute Gasteiger partial charge is 0.311 e. The highest BCUT2D eigenvalue weighted by Gasteiger charge is 2.34. The number of nitrogens with one attached hydrogen (secondary N) is 1. The zero-order valence-corrected chi connectivity index (χ0v) is 13.9. The molecule has 1 aliphatic heterocycles. The van der Waals surface area contributed by atoms with Crippen LogP contribution in [-0.4, -0.2) is 40.2 Å². The highest BCUT2D eigenvalue weighted by Crippen LogP contribution is 2.22. The lowest BCUT2D eigenvalue weighted by molar-refractivity contribution is -0.119. The highest BCUT2D eigenvalue weighted by molar-refractivity contribution is 5.92. The van der Waals surface area contributed by atoms with Gasteiger partial charge in [0.25, 0.3) is 0 Å². The van der Waals surface area contributed by atoms with E-state index in [9.17, 15) is 4.79 Å². The van der Waals surface area contributed by atoms with Crippen molar-refractivity contribution in [2.75, 3.05) is 18.9 Å². The number of nitriles is 1. The molecular weight excluding hydrogens is 266 g/mol. The van der Waals surface area contributed by atoms with Gasteiger partial charge in [-0.2, -0.15) is 10.4 Å². The molecule has 0 spiro atoms. The third-order valence-corrected chi connectivity index (χ3v) is 3.14. The number of likely N-dealkylation sites (tertiary alicyclic amines) is 1. The van der Waals surface area contributed by atoms with Crippen molar-refractivity contribution in [1.29, 1.82) is 5.26 Å². The number of anilines is 1. The minimum absolute atomic E-state index is 0.0433. The minimum atomic E-state index is -0.155. The van der Waals surface area contributed by atoms with Gasteiger partial charge in [-0.1, -0.05) is 27.7 Å². The Hall–Kier alpha value is -1.87. The van der Waals surface area contributed by atoms with Crippen molar-refractivity contribution in [3.8, 4) is 6.07 Å². The van der Waals surface area contributed by atoms with Crippen LogP contribution >= 0.6 is 0 Å². The Morgan fingerprint density at radius 1 is 1.38 bits per heavy atom. The number of carbonyl (C=O) groups excluding carboxylic acids is 1. The topological polar surface area (TPSA) is 74.0 Å². The summed E-state index contributed by atoms with van der Waals surface area (Å²) in [5.74, 6) is 0.510. The van der Waals surface area contributed by atoms with E-state index in [1.807, 2.05) is 39.6 Å². The van der Waals surface area contributed by atoms with E-state index in [2.05, 4.69) is 16.5 Å². The molecule has 1 aliphatic rings. The van der Waals surface area contributed by atoms with Gasteiger partial charge in [0.1, 0.15) is 5.82 Å². The van der Waals surface area contributed by atoms with Gasteiger partial charge in [0.05, 0.1) is 24.2 Å². The molecule has 0 saturated carbocycles. The molecule has 1 N–H and O–H groups in total. The van der Waals surface area contributed by atoms with Gasteiger partial charge in [-0.15, -0.1) is 0 Å². The van der Waals surface area contributed by atoms with Crippen molar-refractivity contribution < 1.29 is 4.79 Å². The average molecular weight is 293 g/mol. The van der Waals surface area contributed by atoms with Gasteiger partial charge in [-0.25, -0.2) is 0 Å². The molecule has 2 heterocycles. The number of amides is 1. The first-order valence-electron chi connectivity index (χ1n) is 7.50. The second-order valence-electron chi connectivity index (χ2n) is 4.35. The predicted octanol–water partition coefficient (Wildman–Crippen LogP) is 2.25. The molecular formula is C15H27N5O. The zero-order valence-electron chi connectivity index (χ0n) is 13.9. The lowest BCUT2D eigenvalue weighted by Gasteiger charge is -2.11. The van der Waals surface area contributed by atoms with Crippen LogP contribution in [-0.2, 0) is 11.8 Å². The predicted molar refractivity (Wildman–Crippen MR) is 84.7 cm³/mol. The number of aryl methyl sites for hydroxylation is 1. The van der Waals surface area contributed by atoms with Crippen LogP contribution in [0.3, 0.4) is 0 Å². The monoisotopic (exact) mass is 293 g/mol. The third-order valence-electron chi connectivity index (χ3n) is 3.14. The second-order valence-corrected chi connectivity index (χ2v) is 4.35. The Bertz CT molecular complexity index is 463. The molecule has 0 aromatic carbocycles. The normalized spacial score (nSPS) is 20.4. The number of rotatable bonds is 2. The molecule has 21 heavy (non-hydrogen) atoms. The molecule has 1 aromatic heterocycles. The molecule has 2 unspecified atom stereocenters. The molecule has 1 amide bonds. The van der Waals surface area contributed by atoms with E-state index >= 15 is 0 Å². The molecule has 0 aliphatic carbocycles. The summed E-state index contributed by atoms with van der Waals surface area (Å²) >= 11 is 0. The first-order chi connectivity index (χ1) is 10.1. The Kier molecular flexibility index (Phi) is 9.06. The summed E-state index contributed by atoms with van der Waals surface area (Å²) in [5.41, 5.74) is 0. The van der Waals surface area contributed by atoms with Crippen LogP contribution in [0.2, 0.25) is 0 Å². The van der Waals surface area contributed by atoms with E-state index in [1.54, 1.807) is 24.0 Å². The Morgan fingerprint density at radius 3 is 2.43 bits per heavy atom. The van der Waals surface area contributed by atoms with Crippen LogP contribution in [0.25, 0.3) is 0 Å². The number of hydrogen-bond donors (Lipinski definition) is 1. The smallest absolute Gasteiger partial charge is 0.230 e. The summed E-state index contributed by atoms with van der Waals surface area (Å²) in [6, 6.07) is 3.79. The van der Waals surface area contributed by atoms with Gasteiger partial charge >= 0.3 is 0 Å². The number of aromatic nitrogens is 2. The number of carbonyl (C=O) groups is 1. The molecule has 1 aromatic rings. The maximum absolute atomic E-state index is 12.0. The number of hydrogen-bond acceptors (Lipinski definition) is 4. The quantitative estimate of drug-likeness (QED) is 0.907. The first kappa shape index (κ1) is 19.1.